The van der Waals surface area contributed by atoms with Gasteiger partial charge in [0.25, 0.3) is 0 Å². The molecular weight excluding hydrogens is 373 g/mol. The lowest BCUT2D eigenvalue weighted by Crippen LogP contribution is -2.36. The third kappa shape index (κ3) is 2.89. The van der Waals surface area contributed by atoms with Gasteiger partial charge in [0.2, 0.25) is 0 Å². The van der Waals surface area contributed by atoms with Crippen LogP contribution < -0.4 is 10.6 Å². The summed E-state index contributed by atoms with van der Waals surface area (Å²) in [6, 6.07) is 13.5. The Morgan fingerprint density at radius 3 is 2.52 bits per heavy atom. The minimum atomic E-state index is 0.0651. The van der Waals surface area contributed by atoms with Gasteiger partial charge in [-0.2, -0.15) is 0 Å². The predicted molar refractivity (Wildman–Crippen MR) is 92.3 cm³/mol. The van der Waals surface area contributed by atoms with Crippen LogP contribution >= 0.6 is 39.1 Å². The number of benzene rings is 2. The second kappa shape index (κ2) is 5.87. The number of halogens is 3. The van der Waals surface area contributed by atoms with Crippen LogP contribution in [0.2, 0.25) is 10.0 Å². The van der Waals surface area contributed by atoms with Gasteiger partial charge < -0.3 is 10.6 Å². The Morgan fingerprint density at radius 1 is 1.14 bits per heavy atom. The quantitative estimate of drug-likeness (QED) is 0.819. The van der Waals surface area contributed by atoms with Gasteiger partial charge in [-0.15, -0.1) is 0 Å². The molecule has 0 spiro atoms. The highest BCUT2D eigenvalue weighted by molar-refractivity contribution is 9.10. The van der Waals surface area contributed by atoms with Gasteiger partial charge in [-0.1, -0.05) is 35.3 Å². The lowest BCUT2D eigenvalue weighted by molar-refractivity contribution is 0.768. The molecule has 1 aliphatic heterocycles. The van der Waals surface area contributed by atoms with E-state index in [2.05, 4.69) is 20.9 Å². The van der Waals surface area contributed by atoms with Gasteiger partial charge in [0, 0.05) is 15.2 Å². The largest absolute Gasteiger partial charge is 0.369 e. The van der Waals surface area contributed by atoms with Crippen molar-refractivity contribution < 1.29 is 0 Å². The standard InChI is InChI=1S/C15H12BrCl2N3/c16-12-7-11(5-6-13(12)18)21-14(8-20-15(21)19)9-1-3-10(17)4-2-9/h1-7,14H,8H2,(H2,19,20). The molecular formula is C15H12BrCl2N3. The van der Waals surface area contributed by atoms with E-state index in [1.807, 2.05) is 47.4 Å². The Balaban J connectivity index is 1.99. The molecule has 1 aliphatic rings. The summed E-state index contributed by atoms with van der Waals surface area (Å²) in [6.45, 7) is 0.619. The van der Waals surface area contributed by atoms with Gasteiger partial charge in [-0.05, 0) is 51.8 Å². The lowest BCUT2D eigenvalue weighted by atomic mass is 10.1. The van der Waals surface area contributed by atoms with E-state index in [9.17, 15) is 0 Å². The minimum absolute atomic E-state index is 0.0651. The molecule has 0 aliphatic carbocycles. The van der Waals surface area contributed by atoms with Crippen molar-refractivity contribution in [2.45, 2.75) is 6.04 Å². The molecule has 3 rings (SSSR count). The van der Waals surface area contributed by atoms with Crippen molar-refractivity contribution in [3.63, 3.8) is 0 Å². The summed E-state index contributed by atoms with van der Waals surface area (Å²) in [6.07, 6.45) is 0. The zero-order valence-corrected chi connectivity index (χ0v) is 14.0. The highest BCUT2D eigenvalue weighted by Crippen LogP contribution is 2.35. The first kappa shape index (κ1) is 14.7. The Morgan fingerprint density at radius 2 is 1.86 bits per heavy atom. The molecule has 0 aromatic heterocycles. The highest BCUT2D eigenvalue weighted by atomic mass is 79.9. The van der Waals surface area contributed by atoms with Crippen molar-refractivity contribution in [1.82, 2.24) is 0 Å². The van der Waals surface area contributed by atoms with Crippen molar-refractivity contribution in [1.29, 1.82) is 0 Å². The summed E-state index contributed by atoms with van der Waals surface area (Å²) in [5, 5.41) is 1.38. The van der Waals surface area contributed by atoms with Gasteiger partial charge in [0.1, 0.15) is 0 Å². The number of hydrogen-bond donors (Lipinski definition) is 1. The van der Waals surface area contributed by atoms with Crippen LogP contribution in [0.25, 0.3) is 0 Å². The van der Waals surface area contributed by atoms with E-state index in [4.69, 9.17) is 28.9 Å². The Labute approximate surface area is 141 Å². The topological polar surface area (TPSA) is 41.6 Å². The molecule has 1 heterocycles. The normalized spacial score (nSPS) is 18.0. The Hall–Kier alpha value is -1.23. The second-order valence-corrected chi connectivity index (χ2v) is 6.43. The van der Waals surface area contributed by atoms with Crippen LogP contribution in [-0.4, -0.2) is 12.5 Å². The summed E-state index contributed by atoms with van der Waals surface area (Å²) in [5.74, 6) is 0.504. The maximum absolute atomic E-state index is 6.06. The van der Waals surface area contributed by atoms with Gasteiger partial charge >= 0.3 is 0 Å². The average molecular weight is 385 g/mol. The predicted octanol–water partition coefficient (Wildman–Crippen LogP) is 4.63. The fourth-order valence-electron chi connectivity index (χ4n) is 2.38. The third-order valence-electron chi connectivity index (χ3n) is 3.42. The summed E-state index contributed by atoms with van der Waals surface area (Å²) < 4.78 is 0.830. The number of aliphatic imine (C=N–C) groups is 1. The summed E-state index contributed by atoms with van der Waals surface area (Å²) >= 11 is 15.4. The molecule has 2 aromatic rings. The summed E-state index contributed by atoms with van der Waals surface area (Å²) in [7, 11) is 0. The van der Waals surface area contributed by atoms with Gasteiger partial charge in [-0.25, -0.2) is 0 Å². The van der Waals surface area contributed by atoms with Crippen molar-refractivity contribution in [2.75, 3.05) is 11.4 Å². The summed E-state index contributed by atoms with van der Waals surface area (Å²) in [5.41, 5.74) is 8.13. The monoisotopic (exact) mass is 383 g/mol. The first-order valence-corrected chi connectivity index (χ1v) is 7.91. The van der Waals surface area contributed by atoms with E-state index >= 15 is 0 Å². The zero-order chi connectivity index (χ0) is 15.0. The smallest absolute Gasteiger partial charge is 0.196 e. The zero-order valence-electron chi connectivity index (χ0n) is 10.9. The highest BCUT2D eigenvalue weighted by Gasteiger charge is 2.29. The summed E-state index contributed by atoms with van der Waals surface area (Å²) in [4.78, 5) is 6.37. The van der Waals surface area contributed by atoms with E-state index in [1.54, 1.807) is 0 Å². The van der Waals surface area contributed by atoms with E-state index < -0.39 is 0 Å². The number of nitrogens with two attached hydrogens (primary N) is 1. The van der Waals surface area contributed by atoms with Crippen LogP contribution in [0.1, 0.15) is 11.6 Å². The molecule has 1 unspecified atom stereocenters. The molecule has 0 fully saturated rings. The Kier molecular flexibility index (Phi) is 4.11. The molecule has 2 N–H and O–H groups in total. The molecule has 6 heteroatoms. The van der Waals surface area contributed by atoms with Crippen LogP contribution in [0.15, 0.2) is 51.9 Å². The van der Waals surface area contributed by atoms with E-state index in [1.165, 1.54) is 0 Å². The van der Waals surface area contributed by atoms with E-state index in [0.717, 1.165) is 15.7 Å². The maximum atomic E-state index is 6.06. The molecule has 0 saturated heterocycles. The molecule has 2 aromatic carbocycles. The fourth-order valence-corrected chi connectivity index (χ4v) is 2.99. The number of hydrogen-bond acceptors (Lipinski definition) is 3. The number of guanidine groups is 1. The second-order valence-electron chi connectivity index (χ2n) is 4.73. The molecule has 21 heavy (non-hydrogen) atoms. The van der Waals surface area contributed by atoms with Crippen LogP contribution in [0.3, 0.4) is 0 Å². The SMILES string of the molecule is NC1=NCC(c2ccc(Cl)cc2)N1c1ccc(Cl)c(Br)c1. The molecule has 0 amide bonds. The molecule has 0 bridgehead atoms. The molecule has 1 atom stereocenters. The van der Waals surface area contributed by atoms with Gasteiger partial charge in [-0.3, -0.25) is 4.99 Å². The third-order valence-corrected chi connectivity index (χ3v) is 4.89. The first-order chi connectivity index (χ1) is 10.1. The van der Waals surface area contributed by atoms with Gasteiger partial charge in [0.05, 0.1) is 17.6 Å². The minimum Gasteiger partial charge on any atom is -0.369 e. The molecule has 0 radical (unpaired) electrons. The molecule has 3 nitrogen and oxygen atoms in total. The van der Waals surface area contributed by atoms with E-state index in [-0.39, 0.29) is 6.04 Å². The van der Waals surface area contributed by atoms with Crippen LogP contribution in [0, 0.1) is 0 Å². The van der Waals surface area contributed by atoms with Gasteiger partial charge in [0.15, 0.2) is 5.96 Å². The number of nitrogens with zero attached hydrogens (tertiary/aromatic N) is 2. The fraction of sp³-hybridized carbons (Fsp3) is 0.133. The van der Waals surface area contributed by atoms with Crippen molar-refractivity contribution in [3.8, 4) is 0 Å². The van der Waals surface area contributed by atoms with Crippen LogP contribution in [0.4, 0.5) is 5.69 Å². The van der Waals surface area contributed by atoms with Crippen molar-refractivity contribution in [2.24, 2.45) is 10.7 Å². The molecule has 0 saturated carbocycles. The van der Waals surface area contributed by atoms with Crippen LogP contribution in [0.5, 0.6) is 0 Å². The average Bonchev–Trinajstić information content (AvgIpc) is 2.85. The van der Waals surface area contributed by atoms with Crippen molar-refractivity contribution in [3.05, 3.63) is 62.5 Å². The van der Waals surface area contributed by atoms with Crippen molar-refractivity contribution >= 4 is 50.8 Å². The number of anilines is 1. The van der Waals surface area contributed by atoms with Crippen LogP contribution in [-0.2, 0) is 0 Å². The first-order valence-electron chi connectivity index (χ1n) is 6.36. The molecule has 108 valence electrons. The Bertz CT molecular complexity index is 701. The lowest BCUT2D eigenvalue weighted by Gasteiger charge is -2.27. The van der Waals surface area contributed by atoms with E-state index in [0.29, 0.717) is 22.5 Å². The number of rotatable bonds is 2. The maximum Gasteiger partial charge on any atom is 0.196 e.